The molecule has 0 radical (unpaired) electrons. The van der Waals surface area contributed by atoms with E-state index in [2.05, 4.69) is 10.2 Å². The fourth-order valence-corrected chi connectivity index (χ4v) is 1.46. The van der Waals surface area contributed by atoms with Crippen molar-refractivity contribution in [3.05, 3.63) is 29.3 Å². The molecule has 19 heavy (non-hydrogen) atoms. The molecule has 0 aliphatic heterocycles. The van der Waals surface area contributed by atoms with E-state index in [1.165, 1.54) is 13.3 Å². The molecule has 0 heterocycles. The second-order valence-corrected chi connectivity index (χ2v) is 3.93. The number of ether oxygens (including phenoxy) is 1. The van der Waals surface area contributed by atoms with E-state index in [4.69, 9.17) is 16.2 Å². The molecule has 1 aromatic carbocycles. The largest absolute Gasteiger partial charge is 0.465 e. The Bertz CT molecular complexity index is 519. The number of carbonyl (C=O) groups excluding carboxylic acids is 1. The van der Waals surface area contributed by atoms with Gasteiger partial charge in [0.2, 0.25) is 5.96 Å². The molecule has 0 amide bonds. The van der Waals surface area contributed by atoms with E-state index in [-0.39, 0.29) is 5.96 Å². The molecule has 7 nitrogen and oxygen atoms in total. The van der Waals surface area contributed by atoms with Crippen LogP contribution in [0.1, 0.15) is 15.9 Å². The first-order valence-electron chi connectivity index (χ1n) is 5.47. The third-order valence-electron chi connectivity index (χ3n) is 2.29. The van der Waals surface area contributed by atoms with Gasteiger partial charge in [-0.25, -0.2) is 4.79 Å². The van der Waals surface area contributed by atoms with Crippen LogP contribution in [-0.4, -0.2) is 39.3 Å². The maximum absolute atomic E-state index is 11.7. The van der Waals surface area contributed by atoms with Crippen molar-refractivity contribution in [2.45, 2.75) is 0 Å². The Labute approximate surface area is 111 Å². The minimum atomic E-state index is -0.416. The highest BCUT2D eigenvalue weighted by atomic mass is 16.5. The number of carbonyl (C=O) groups is 1. The third-order valence-corrected chi connectivity index (χ3v) is 2.29. The molecule has 0 fully saturated rings. The maximum Gasteiger partial charge on any atom is 0.339 e. The molecule has 0 saturated carbocycles. The molecule has 7 heteroatoms. The van der Waals surface area contributed by atoms with Gasteiger partial charge in [0.25, 0.3) is 0 Å². The number of nitrogens with zero attached hydrogens (tertiary/aromatic N) is 3. The van der Waals surface area contributed by atoms with Gasteiger partial charge in [0.1, 0.15) is 0 Å². The summed E-state index contributed by atoms with van der Waals surface area (Å²) in [6.07, 6.45) is 1.45. The Balaban J connectivity index is 3.15. The second kappa shape index (κ2) is 6.39. The summed E-state index contributed by atoms with van der Waals surface area (Å²) in [5.74, 6) is -0.546. The molecule has 0 spiro atoms. The first kappa shape index (κ1) is 14.5. The molecular weight excluding hydrogens is 246 g/mol. The molecule has 1 aromatic rings. The average molecular weight is 263 g/mol. The zero-order valence-corrected chi connectivity index (χ0v) is 11.1. The fraction of sp³-hybridized carbons (Fsp3) is 0.250. The minimum Gasteiger partial charge on any atom is -0.465 e. The Kier molecular flexibility index (Phi) is 4.87. The van der Waals surface area contributed by atoms with Crippen LogP contribution in [0, 0.1) is 0 Å². The van der Waals surface area contributed by atoms with Gasteiger partial charge in [-0.05, 0) is 17.7 Å². The van der Waals surface area contributed by atoms with Gasteiger partial charge in [0.05, 0.1) is 24.6 Å². The van der Waals surface area contributed by atoms with Crippen molar-refractivity contribution in [1.82, 2.24) is 0 Å². The van der Waals surface area contributed by atoms with E-state index >= 15 is 0 Å². The van der Waals surface area contributed by atoms with Crippen LogP contribution >= 0.6 is 0 Å². The molecule has 0 bridgehead atoms. The summed E-state index contributed by atoms with van der Waals surface area (Å²) in [5, 5.41) is 7.18. The first-order valence-corrected chi connectivity index (χ1v) is 5.47. The van der Waals surface area contributed by atoms with Gasteiger partial charge in [-0.15, -0.1) is 5.10 Å². The van der Waals surface area contributed by atoms with E-state index in [1.807, 2.05) is 19.0 Å². The summed E-state index contributed by atoms with van der Waals surface area (Å²) in [7, 11) is 5.02. The number of rotatable bonds is 4. The van der Waals surface area contributed by atoms with Crippen molar-refractivity contribution >= 4 is 23.8 Å². The number of methoxy groups -OCH3 is 1. The van der Waals surface area contributed by atoms with Crippen LogP contribution in [0.15, 0.2) is 28.4 Å². The number of anilines is 1. The van der Waals surface area contributed by atoms with E-state index < -0.39 is 5.97 Å². The first-order chi connectivity index (χ1) is 8.95. The summed E-state index contributed by atoms with van der Waals surface area (Å²) in [6, 6.07) is 5.25. The molecule has 0 aliphatic carbocycles. The fourth-order valence-electron chi connectivity index (χ4n) is 1.46. The number of hydrogen-bond acceptors (Lipinski definition) is 5. The zero-order valence-electron chi connectivity index (χ0n) is 11.1. The predicted octanol–water partition coefficient (Wildman–Crippen LogP) is 0.147. The predicted molar refractivity (Wildman–Crippen MR) is 75.5 cm³/mol. The van der Waals surface area contributed by atoms with Crippen LogP contribution in [0.3, 0.4) is 0 Å². The summed E-state index contributed by atoms with van der Waals surface area (Å²) in [5.41, 5.74) is 12.2. The van der Waals surface area contributed by atoms with Crippen molar-refractivity contribution in [3.63, 3.8) is 0 Å². The smallest absolute Gasteiger partial charge is 0.339 e. The van der Waals surface area contributed by atoms with Gasteiger partial charge in [0, 0.05) is 14.1 Å². The quantitative estimate of drug-likeness (QED) is 0.348. The summed E-state index contributed by atoms with van der Waals surface area (Å²) < 4.78 is 4.75. The summed E-state index contributed by atoms with van der Waals surface area (Å²) >= 11 is 0. The Morgan fingerprint density at radius 3 is 2.58 bits per heavy atom. The van der Waals surface area contributed by atoms with Gasteiger partial charge in [-0.2, -0.15) is 5.10 Å². The van der Waals surface area contributed by atoms with Gasteiger partial charge >= 0.3 is 5.97 Å². The molecule has 0 unspecified atom stereocenters. The van der Waals surface area contributed by atoms with Gasteiger partial charge in [0.15, 0.2) is 0 Å². The summed E-state index contributed by atoms with van der Waals surface area (Å²) in [4.78, 5) is 13.5. The van der Waals surface area contributed by atoms with Gasteiger partial charge in [-0.3, -0.25) is 0 Å². The lowest BCUT2D eigenvalue weighted by atomic mass is 10.1. The van der Waals surface area contributed by atoms with Crippen LogP contribution in [-0.2, 0) is 4.74 Å². The second-order valence-electron chi connectivity index (χ2n) is 3.93. The lowest BCUT2D eigenvalue weighted by Crippen LogP contribution is -2.21. The standard InChI is InChI=1S/C12H17N5O2/c1-17(2)10-5-4-8(7-15-16-12(13)14)6-9(10)11(18)19-3/h4-7H,1-3H3,(H4,13,14,16). The topological polar surface area (TPSA) is 106 Å². The monoisotopic (exact) mass is 263 g/mol. The van der Waals surface area contributed by atoms with Crippen molar-refractivity contribution in [2.75, 3.05) is 26.1 Å². The van der Waals surface area contributed by atoms with E-state index in [9.17, 15) is 4.79 Å². The van der Waals surface area contributed by atoms with Crippen molar-refractivity contribution in [1.29, 1.82) is 0 Å². The normalized spacial score (nSPS) is 10.3. The molecule has 0 aliphatic rings. The van der Waals surface area contributed by atoms with Crippen LogP contribution in [0.5, 0.6) is 0 Å². The number of nitrogens with two attached hydrogens (primary N) is 2. The lowest BCUT2D eigenvalue weighted by molar-refractivity contribution is 0.0601. The van der Waals surface area contributed by atoms with E-state index in [0.717, 1.165) is 5.69 Å². The lowest BCUT2D eigenvalue weighted by Gasteiger charge is -2.16. The number of hydrogen-bond donors (Lipinski definition) is 2. The van der Waals surface area contributed by atoms with Crippen molar-refractivity contribution in [3.8, 4) is 0 Å². The molecular formula is C12H17N5O2. The van der Waals surface area contributed by atoms with Crippen LogP contribution in [0.4, 0.5) is 5.69 Å². The Morgan fingerprint density at radius 2 is 2.05 bits per heavy atom. The summed E-state index contributed by atoms with van der Waals surface area (Å²) in [6.45, 7) is 0. The van der Waals surface area contributed by atoms with E-state index in [1.54, 1.807) is 18.2 Å². The zero-order chi connectivity index (χ0) is 14.4. The van der Waals surface area contributed by atoms with Crippen LogP contribution < -0.4 is 16.4 Å². The molecule has 4 N–H and O–H groups in total. The Morgan fingerprint density at radius 1 is 1.37 bits per heavy atom. The maximum atomic E-state index is 11.7. The van der Waals surface area contributed by atoms with Crippen LogP contribution in [0.25, 0.3) is 0 Å². The highest BCUT2D eigenvalue weighted by Gasteiger charge is 2.13. The van der Waals surface area contributed by atoms with Crippen molar-refractivity contribution in [2.24, 2.45) is 21.7 Å². The van der Waals surface area contributed by atoms with E-state index in [0.29, 0.717) is 11.1 Å². The molecule has 0 saturated heterocycles. The Hall–Kier alpha value is -2.57. The molecule has 102 valence electrons. The average Bonchev–Trinajstić information content (AvgIpc) is 2.37. The molecule has 0 aromatic heterocycles. The highest BCUT2D eigenvalue weighted by molar-refractivity contribution is 5.98. The van der Waals surface area contributed by atoms with Gasteiger partial charge in [-0.1, -0.05) is 6.07 Å². The third kappa shape index (κ3) is 3.98. The SMILES string of the molecule is COC(=O)c1cc(C=NN=C(N)N)ccc1N(C)C. The molecule has 1 rings (SSSR count). The number of esters is 1. The van der Waals surface area contributed by atoms with Crippen LogP contribution in [0.2, 0.25) is 0 Å². The molecule has 0 atom stereocenters. The minimum absolute atomic E-state index is 0.130. The van der Waals surface area contributed by atoms with Gasteiger partial charge < -0.3 is 21.1 Å². The highest BCUT2D eigenvalue weighted by Crippen LogP contribution is 2.20. The van der Waals surface area contributed by atoms with Crippen molar-refractivity contribution < 1.29 is 9.53 Å². The number of guanidine groups is 1. The number of benzene rings is 1.